The monoisotopic (exact) mass is 388 g/mol. The Kier molecular flexibility index (Phi) is 6.26. The highest BCUT2D eigenvalue weighted by Gasteiger charge is 2.23. The van der Waals surface area contributed by atoms with Crippen molar-refractivity contribution in [3.05, 3.63) is 36.2 Å². The maximum Gasteiger partial charge on any atom is 0.232 e. The fourth-order valence-electron chi connectivity index (χ4n) is 3.24. The van der Waals surface area contributed by atoms with Crippen LogP contribution in [0.3, 0.4) is 0 Å². The number of nitrogens with one attached hydrogen (secondary N) is 1. The molecule has 1 saturated heterocycles. The number of likely N-dealkylation sites (tertiary alicyclic amines) is 1. The Hall–Kier alpha value is -1.93. The summed E-state index contributed by atoms with van der Waals surface area (Å²) in [5, 5.41) is 3.15. The molecule has 2 atom stereocenters. The molecule has 0 saturated carbocycles. The van der Waals surface area contributed by atoms with Gasteiger partial charge in [-0.25, -0.2) is 0 Å². The van der Waals surface area contributed by atoms with Crippen LogP contribution < -0.4 is 11.1 Å². The molecule has 138 valence electrons. The Bertz CT molecular complexity index is 745. The average molecular weight is 389 g/mol. The molecule has 2 aromatic rings. The van der Waals surface area contributed by atoms with Crippen molar-refractivity contribution in [3.63, 3.8) is 0 Å². The summed E-state index contributed by atoms with van der Waals surface area (Å²) >= 11 is 7.21. The first-order valence-corrected chi connectivity index (χ1v) is 10.1. The van der Waals surface area contributed by atoms with E-state index >= 15 is 0 Å². The molecule has 2 heterocycles. The largest absolute Gasteiger partial charge is 0.368 e. The van der Waals surface area contributed by atoms with Crippen molar-refractivity contribution in [1.29, 1.82) is 0 Å². The van der Waals surface area contributed by atoms with Crippen molar-refractivity contribution in [3.8, 4) is 0 Å². The second-order valence-corrected chi connectivity index (χ2v) is 8.44. The fraction of sp³-hybridized carbons (Fsp3) is 0.444. The van der Waals surface area contributed by atoms with Gasteiger partial charge in [-0.15, -0.1) is 0 Å². The minimum Gasteiger partial charge on any atom is -0.368 e. The Balaban J connectivity index is 1.61. The second kappa shape index (κ2) is 8.64. The van der Waals surface area contributed by atoms with E-state index in [2.05, 4.69) is 39.0 Å². The molecular formula is C18H24N6S2. The molecule has 3 N–H and O–H groups in total. The molecule has 0 bridgehead atoms. The van der Waals surface area contributed by atoms with Gasteiger partial charge in [0.25, 0.3) is 0 Å². The third kappa shape index (κ3) is 5.28. The molecule has 1 aromatic carbocycles. The first-order chi connectivity index (χ1) is 12.5. The van der Waals surface area contributed by atoms with Crippen LogP contribution >= 0.6 is 24.0 Å². The molecule has 6 nitrogen and oxygen atoms in total. The lowest BCUT2D eigenvalue weighted by molar-refractivity contribution is 0.219. The van der Waals surface area contributed by atoms with E-state index in [1.54, 1.807) is 11.8 Å². The third-order valence-electron chi connectivity index (χ3n) is 4.18. The van der Waals surface area contributed by atoms with Gasteiger partial charge in [0.2, 0.25) is 11.9 Å². The zero-order valence-electron chi connectivity index (χ0n) is 15.1. The van der Waals surface area contributed by atoms with Crippen LogP contribution in [0.1, 0.15) is 26.1 Å². The summed E-state index contributed by atoms with van der Waals surface area (Å²) in [5.74, 6) is 3.21. The highest BCUT2D eigenvalue weighted by atomic mass is 32.2. The first kappa shape index (κ1) is 18.8. The normalized spacial score (nSPS) is 20.0. The van der Waals surface area contributed by atoms with Gasteiger partial charge in [0.1, 0.15) is 10.1 Å². The Morgan fingerprint density at radius 1 is 1.19 bits per heavy atom. The van der Waals surface area contributed by atoms with Crippen molar-refractivity contribution in [1.82, 2.24) is 19.9 Å². The number of anilines is 3. The number of thioether (sulfide) groups is 1. The van der Waals surface area contributed by atoms with Gasteiger partial charge in [0.05, 0.1) is 5.75 Å². The molecule has 0 amide bonds. The quantitative estimate of drug-likeness (QED) is 0.768. The summed E-state index contributed by atoms with van der Waals surface area (Å²) in [5.41, 5.74) is 6.75. The van der Waals surface area contributed by atoms with E-state index in [4.69, 9.17) is 18.0 Å². The van der Waals surface area contributed by atoms with Crippen molar-refractivity contribution < 1.29 is 0 Å². The van der Waals surface area contributed by atoms with Gasteiger partial charge in [0.15, 0.2) is 0 Å². The number of aromatic nitrogens is 3. The number of benzene rings is 1. The minimum absolute atomic E-state index is 0.208. The molecule has 0 aliphatic carbocycles. The van der Waals surface area contributed by atoms with E-state index in [0.29, 0.717) is 29.4 Å². The van der Waals surface area contributed by atoms with Crippen LogP contribution in [0.2, 0.25) is 0 Å². The Morgan fingerprint density at radius 3 is 2.58 bits per heavy atom. The number of hydrogen-bond acceptors (Lipinski definition) is 7. The minimum atomic E-state index is 0.208. The summed E-state index contributed by atoms with van der Waals surface area (Å²) in [6, 6.07) is 9.74. The fourth-order valence-corrected chi connectivity index (χ4v) is 4.28. The maximum absolute atomic E-state index is 5.84. The van der Waals surface area contributed by atoms with E-state index in [-0.39, 0.29) is 5.95 Å². The zero-order chi connectivity index (χ0) is 18.5. The molecule has 0 spiro atoms. The van der Waals surface area contributed by atoms with Gasteiger partial charge < -0.3 is 16.0 Å². The van der Waals surface area contributed by atoms with Gasteiger partial charge >= 0.3 is 0 Å². The standard InChI is InChI=1S/C18H24N6S2/c1-12-8-13(2)10-24(9-12)18(25)26-11-15-21-16(19)23-17(22-15)20-14-6-4-3-5-7-14/h3-7,12-13H,8-11H2,1-2H3,(H3,19,20,21,22,23)/t12-,13-/m1/s1. The van der Waals surface area contributed by atoms with Crippen LogP contribution in [0.5, 0.6) is 0 Å². The molecule has 8 heteroatoms. The lowest BCUT2D eigenvalue weighted by Crippen LogP contribution is -2.40. The van der Waals surface area contributed by atoms with Gasteiger partial charge in [-0.05, 0) is 30.4 Å². The van der Waals surface area contributed by atoms with E-state index in [1.165, 1.54) is 6.42 Å². The number of nitrogen functional groups attached to an aromatic ring is 1. The molecule has 3 rings (SSSR count). The molecule has 1 aliphatic rings. The number of piperidine rings is 1. The Morgan fingerprint density at radius 2 is 1.88 bits per heavy atom. The molecule has 0 radical (unpaired) electrons. The summed E-state index contributed by atoms with van der Waals surface area (Å²) in [6.45, 7) is 6.61. The number of hydrogen-bond donors (Lipinski definition) is 2. The average Bonchev–Trinajstić information content (AvgIpc) is 2.59. The number of thiocarbonyl (C=S) groups is 1. The zero-order valence-corrected chi connectivity index (χ0v) is 16.7. The van der Waals surface area contributed by atoms with Crippen molar-refractivity contribution in [2.45, 2.75) is 26.0 Å². The molecule has 1 aromatic heterocycles. The van der Waals surface area contributed by atoms with Crippen LogP contribution in [0, 0.1) is 11.8 Å². The molecular weight excluding hydrogens is 364 g/mol. The number of para-hydroxylation sites is 1. The summed E-state index contributed by atoms with van der Waals surface area (Å²) in [7, 11) is 0. The molecule has 1 fully saturated rings. The van der Waals surface area contributed by atoms with E-state index in [0.717, 1.165) is 23.1 Å². The van der Waals surface area contributed by atoms with E-state index in [1.807, 2.05) is 30.3 Å². The lowest BCUT2D eigenvalue weighted by atomic mass is 9.92. The third-order valence-corrected chi connectivity index (χ3v) is 5.70. The van der Waals surface area contributed by atoms with Gasteiger partial charge in [-0.2, -0.15) is 15.0 Å². The first-order valence-electron chi connectivity index (χ1n) is 8.74. The van der Waals surface area contributed by atoms with E-state index < -0.39 is 0 Å². The van der Waals surface area contributed by atoms with Gasteiger partial charge in [0, 0.05) is 18.8 Å². The molecule has 0 unspecified atom stereocenters. The predicted molar refractivity (Wildman–Crippen MR) is 112 cm³/mol. The molecule has 26 heavy (non-hydrogen) atoms. The van der Waals surface area contributed by atoms with Gasteiger partial charge in [-0.1, -0.05) is 56.0 Å². The Labute approximate surface area is 164 Å². The topological polar surface area (TPSA) is 80.0 Å². The van der Waals surface area contributed by atoms with Crippen LogP contribution in [0.4, 0.5) is 17.6 Å². The number of nitrogens with zero attached hydrogens (tertiary/aromatic N) is 4. The predicted octanol–water partition coefficient (Wildman–Crippen LogP) is 3.69. The summed E-state index contributed by atoms with van der Waals surface area (Å²) in [4.78, 5) is 15.2. The number of nitrogens with two attached hydrogens (primary N) is 1. The lowest BCUT2D eigenvalue weighted by Gasteiger charge is -2.36. The van der Waals surface area contributed by atoms with Crippen LogP contribution in [-0.4, -0.2) is 37.3 Å². The summed E-state index contributed by atoms with van der Waals surface area (Å²) in [6.07, 6.45) is 1.27. The van der Waals surface area contributed by atoms with Crippen molar-refractivity contribution >= 4 is 45.9 Å². The van der Waals surface area contributed by atoms with Crippen LogP contribution in [0.25, 0.3) is 0 Å². The number of rotatable bonds is 4. The smallest absolute Gasteiger partial charge is 0.232 e. The van der Waals surface area contributed by atoms with Crippen molar-refractivity contribution in [2.24, 2.45) is 11.8 Å². The second-order valence-electron chi connectivity index (χ2n) is 6.83. The van der Waals surface area contributed by atoms with E-state index in [9.17, 15) is 0 Å². The SMILES string of the molecule is C[C@@H]1C[C@@H](C)CN(C(=S)SCc2nc(N)nc(Nc3ccccc3)n2)C1. The summed E-state index contributed by atoms with van der Waals surface area (Å²) < 4.78 is 0.903. The van der Waals surface area contributed by atoms with Gasteiger partial charge in [-0.3, -0.25) is 0 Å². The molecule has 1 aliphatic heterocycles. The van der Waals surface area contributed by atoms with Crippen LogP contribution in [-0.2, 0) is 5.75 Å². The maximum atomic E-state index is 5.84. The van der Waals surface area contributed by atoms with Crippen LogP contribution in [0.15, 0.2) is 30.3 Å². The highest BCUT2D eigenvalue weighted by Crippen LogP contribution is 2.25. The van der Waals surface area contributed by atoms with Crippen molar-refractivity contribution in [2.75, 3.05) is 24.1 Å². The highest BCUT2D eigenvalue weighted by molar-refractivity contribution is 8.22.